The quantitative estimate of drug-likeness (QED) is 0.559. The number of halogens is 7. The predicted octanol–water partition coefficient (Wildman–Crippen LogP) is 4.22. The van der Waals surface area contributed by atoms with E-state index in [4.69, 9.17) is 69.6 Å². The van der Waals surface area contributed by atoms with Crippen LogP contribution in [0.5, 0.6) is 0 Å². The highest BCUT2D eigenvalue weighted by molar-refractivity contribution is 8.93. The van der Waals surface area contributed by atoms with Gasteiger partial charge in [0.2, 0.25) is 0 Å². The maximum Gasteiger partial charge on any atom is 0.0693 e. The Morgan fingerprint density at radius 1 is 0.385 bits per heavy atom. The standard InChI is InChI=1S/C6H6Cl6.BrH/c7-1-2(8)4(10)6(12)5(11)3(1)9;/h1-6H;1H. The van der Waals surface area contributed by atoms with Gasteiger partial charge < -0.3 is 0 Å². The summed E-state index contributed by atoms with van der Waals surface area (Å²) in [7, 11) is 0. The molecule has 0 aliphatic heterocycles. The van der Waals surface area contributed by atoms with Gasteiger partial charge in [-0.25, -0.2) is 0 Å². The minimum atomic E-state index is -0.437. The molecule has 0 unspecified atom stereocenters. The first kappa shape index (κ1) is 15.2. The van der Waals surface area contributed by atoms with Crippen molar-refractivity contribution in [2.45, 2.75) is 32.3 Å². The van der Waals surface area contributed by atoms with E-state index in [9.17, 15) is 0 Å². The Hall–Kier alpha value is 2.22. The zero-order chi connectivity index (χ0) is 9.46. The summed E-state index contributed by atoms with van der Waals surface area (Å²) in [5.74, 6) is 0. The van der Waals surface area contributed by atoms with Crippen LogP contribution in [0.4, 0.5) is 0 Å². The molecule has 1 saturated carbocycles. The summed E-state index contributed by atoms with van der Waals surface area (Å²) in [5.41, 5.74) is 0. The van der Waals surface area contributed by atoms with Gasteiger partial charge in [0.1, 0.15) is 0 Å². The molecule has 0 bridgehead atoms. The lowest BCUT2D eigenvalue weighted by Gasteiger charge is -2.37. The molecule has 1 aliphatic rings. The first-order valence-electron chi connectivity index (χ1n) is 3.31. The highest BCUT2D eigenvalue weighted by atomic mass is 79.9. The molecule has 0 heterocycles. The Kier molecular flexibility index (Phi) is 7.12. The second-order valence-electron chi connectivity index (χ2n) is 2.67. The van der Waals surface area contributed by atoms with Crippen molar-refractivity contribution in [3.05, 3.63) is 0 Å². The molecule has 0 atom stereocenters. The van der Waals surface area contributed by atoms with Crippen LogP contribution in [0.25, 0.3) is 0 Å². The molecule has 13 heavy (non-hydrogen) atoms. The lowest BCUT2D eigenvalue weighted by atomic mass is 9.97. The van der Waals surface area contributed by atoms with Crippen LogP contribution in [-0.2, 0) is 0 Å². The Bertz CT molecular complexity index is 109. The largest absolute Gasteiger partial charge is 0.120 e. The van der Waals surface area contributed by atoms with Gasteiger partial charge in [0.05, 0.1) is 32.3 Å². The first-order chi connectivity index (χ1) is 5.46. The Morgan fingerprint density at radius 3 is 0.538 bits per heavy atom. The van der Waals surface area contributed by atoms with Crippen LogP contribution < -0.4 is 0 Å². The minimum absolute atomic E-state index is 0. The van der Waals surface area contributed by atoms with Gasteiger partial charge in [-0.05, 0) is 0 Å². The SMILES string of the molecule is Br.ClC1C(Cl)C(Cl)C(Cl)C(Cl)C1Cl. The minimum Gasteiger partial charge on any atom is -0.120 e. The summed E-state index contributed by atoms with van der Waals surface area (Å²) < 4.78 is 0. The van der Waals surface area contributed by atoms with Crippen molar-refractivity contribution in [1.82, 2.24) is 0 Å². The van der Waals surface area contributed by atoms with Gasteiger partial charge in [-0.2, -0.15) is 0 Å². The van der Waals surface area contributed by atoms with Crippen molar-refractivity contribution in [3.8, 4) is 0 Å². The van der Waals surface area contributed by atoms with E-state index in [1.807, 2.05) is 0 Å². The smallest absolute Gasteiger partial charge is 0.0693 e. The zero-order valence-corrected chi connectivity index (χ0v) is 12.4. The van der Waals surface area contributed by atoms with Crippen LogP contribution >= 0.6 is 86.6 Å². The normalized spacial score (nSPS) is 51.2. The van der Waals surface area contributed by atoms with E-state index >= 15 is 0 Å². The molecule has 1 aliphatic carbocycles. The number of alkyl halides is 6. The molecule has 0 N–H and O–H groups in total. The molecule has 0 saturated heterocycles. The maximum atomic E-state index is 5.88. The van der Waals surface area contributed by atoms with Crippen molar-refractivity contribution in [2.75, 3.05) is 0 Å². The Balaban J connectivity index is 0.00000144. The molecule has 1 rings (SSSR count). The van der Waals surface area contributed by atoms with E-state index in [0.29, 0.717) is 0 Å². The molecular formula is C6H7BrCl6. The zero-order valence-electron chi connectivity index (χ0n) is 6.14. The Labute approximate surface area is 118 Å². The summed E-state index contributed by atoms with van der Waals surface area (Å²) in [6, 6.07) is 0. The fraction of sp³-hybridized carbons (Fsp3) is 1.00. The fourth-order valence-corrected chi connectivity index (χ4v) is 3.38. The number of hydrogen-bond acceptors (Lipinski definition) is 0. The van der Waals surface area contributed by atoms with Crippen molar-refractivity contribution >= 4 is 86.6 Å². The van der Waals surface area contributed by atoms with E-state index in [2.05, 4.69) is 0 Å². The second-order valence-corrected chi connectivity index (χ2v) is 5.69. The van der Waals surface area contributed by atoms with Crippen molar-refractivity contribution in [1.29, 1.82) is 0 Å². The van der Waals surface area contributed by atoms with E-state index in [0.717, 1.165) is 0 Å². The summed E-state index contributed by atoms with van der Waals surface area (Å²) in [6.07, 6.45) is 0. The maximum absolute atomic E-state index is 5.88. The van der Waals surface area contributed by atoms with Gasteiger partial charge in [-0.15, -0.1) is 86.6 Å². The van der Waals surface area contributed by atoms with Gasteiger partial charge in [0.15, 0.2) is 0 Å². The molecule has 0 nitrogen and oxygen atoms in total. The third-order valence-corrected chi connectivity index (χ3v) is 5.86. The van der Waals surface area contributed by atoms with Crippen LogP contribution in [0.3, 0.4) is 0 Å². The summed E-state index contributed by atoms with van der Waals surface area (Å²) >= 11 is 35.3. The van der Waals surface area contributed by atoms with Crippen LogP contribution in [-0.4, -0.2) is 32.3 Å². The highest BCUT2D eigenvalue weighted by Crippen LogP contribution is 2.39. The van der Waals surface area contributed by atoms with Crippen molar-refractivity contribution in [2.24, 2.45) is 0 Å². The van der Waals surface area contributed by atoms with Gasteiger partial charge in [0, 0.05) is 0 Å². The molecule has 0 amide bonds. The van der Waals surface area contributed by atoms with Gasteiger partial charge in [-0.3, -0.25) is 0 Å². The Morgan fingerprint density at radius 2 is 0.462 bits per heavy atom. The molecule has 0 radical (unpaired) electrons. The van der Waals surface area contributed by atoms with Crippen molar-refractivity contribution in [3.63, 3.8) is 0 Å². The molecular weight excluding hydrogens is 365 g/mol. The van der Waals surface area contributed by atoms with Crippen LogP contribution in [0.1, 0.15) is 0 Å². The monoisotopic (exact) mass is 368 g/mol. The lowest BCUT2D eigenvalue weighted by molar-refractivity contribution is 0.544. The number of rotatable bonds is 0. The molecule has 0 aromatic rings. The third kappa shape index (κ3) is 3.09. The van der Waals surface area contributed by atoms with Crippen LogP contribution in [0, 0.1) is 0 Å². The first-order valence-corrected chi connectivity index (χ1v) is 5.93. The summed E-state index contributed by atoms with van der Waals surface area (Å²) in [6.45, 7) is 0. The van der Waals surface area contributed by atoms with Crippen molar-refractivity contribution < 1.29 is 0 Å². The lowest BCUT2D eigenvalue weighted by Crippen LogP contribution is -2.52. The summed E-state index contributed by atoms with van der Waals surface area (Å²) in [4.78, 5) is 0. The fourth-order valence-electron chi connectivity index (χ4n) is 1.05. The predicted molar refractivity (Wildman–Crippen MR) is 68.2 cm³/mol. The van der Waals surface area contributed by atoms with E-state index in [-0.39, 0.29) is 17.0 Å². The molecule has 0 spiro atoms. The van der Waals surface area contributed by atoms with Gasteiger partial charge in [-0.1, -0.05) is 0 Å². The van der Waals surface area contributed by atoms with E-state index in [1.165, 1.54) is 0 Å². The average Bonchev–Trinajstić information content (AvgIpc) is 2.08. The summed E-state index contributed by atoms with van der Waals surface area (Å²) in [5, 5.41) is -2.62. The topological polar surface area (TPSA) is 0 Å². The molecule has 0 aromatic heterocycles. The molecule has 7 heteroatoms. The van der Waals surface area contributed by atoms with E-state index < -0.39 is 32.3 Å². The van der Waals surface area contributed by atoms with Gasteiger partial charge in [0.25, 0.3) is 0 Å². The number of hydrogen-bond donors (Lipinski definition) is 0. The van der Waals surface area contributed by atoms with Crippen LogP contribution in [0.15, 0.2) is 0 Å². The van der Waals surface area contributed by atoms with E-state index in [1.54, 1.807) is 0 Å². The molecule has 80 valence electrons. The highest BCUT2D eigenvalue weighted by Gasteiger charge is 2.46. The van der Waals surface area contributed by atoms with Gasteiger partial charge >= 0.3 is 0 Å². The molecule has 1 fully saturated rings. The molecule has 0 aromatic carbocycles. The van der Waals surface area contributed by atoms with Crippen LogP contribution in [0.2, 0.25) is 0 Å². The average molecular weight is 372 g/mol. The third-order valence-electron chi connectivity index (χ3n) is 1.83. The second kappa shape index (κ2) is 6.08.